The third-order valence-corrected chi connectivity index (χ3v) is 5.02. The van der Waals surface area contributed by atoms with Gasteiger partial charge in [-0.3, -0.25) is 14.4 Å². The van der Waals surface area contributed by atoms with Crippen LogP contribution < -0.4 is 25.0 Å². The Morgan fingerprint density at radius 2 is 1.76 bits per heavy atom. The average Bonchev–Trinajstić information content (AvgIpc) is 3.39. The van der Waals surface area contributed by atoms with Crippen molar-refractivity contribution in [2.24, 2.45) is 5.10 Å². The molecule has 3 amide bonds. The van der Waals surface area contributed by atoms with E-state index < -0.39 is 11.8 Å². The van der Waals surface area contributed by atoms with E-state index in [1.54, 1.807) is 47.4 Å². The Kier molecular flexibility index (Phi) is 8.84. The molecule has 3 rings (SSSR count). The van der Waals surface area contributed by atoms with Gasteiger partial charge in [0.15, 0.2) is 18.1 Å². The Morgan fingerprint density at radius 3 is 2.50 bits per heavy atom. The number of methoxy groups -OCH3 is 1. The maximum Gasteiger partial charge on any atom is 0.329 e. The molecule has 1 aliphatic heterocycles. The van der Waals surface area contributed by atoms with Crippen molar-refractivity contribution in [3.8, 4) is 17.2 Å². The number of hydrogen-bond donors (Lipinski definition) is 2. The van der Waals surface area contributed by atoms with Gasteiger partial charge >= 0.3 is 11.8 Å². The summed E-state index contributed by atoms with van der Waals surface area (Å²) in [4.78, 5) is 38.2. The molecule has 34 heavy (non-hydrogen) atoms. The van der Waals surface area contributed by atoms with Gasteiger partial charge < -0.3 is 24.4 Å². The zero-order valence-corrected chi connectivity index (χ0v) is 19.2. The van der Waals surface area contributed by atoms with Gasteiger partial charge in [0.25, 0.3) is 5.91 Å². The summed E-state index contributed by atoms with van der Waals surface area (Å²) in [5, 5.41) is 6.30. The second kappa shape index (κ2) is 12.2. The minimum Gasteiger partial charge on any atom is -0.495 e. The number of hydrazone groups is 1. The van der Waals surface area contributed by atoms with E-state index >= 15 is 0 Å². The third kappa shape index (κ3) is 6.71. The number of anilines is 1. The van der Waals surface area contributed by atoms with Gasteiger partial charge in [-0.15, -0.1) is 0 Å². The highest BCUT2D eigenvalue weighted by atomic mass is 16.5. The van der Waals surface area contributed by atoms with Crippen LogP contribution in [-0.4, -0.2) is 62.2 Å². The third-order valence-electron chi connectivity index (χ3n) is 5.02. The minimum absolute atomic E-state index is 0.0558. The summed E-state index contributed by atoms with van der Waals surface area (Å²) in [6, 6.07) is 11.8. The molecule has 0 spiro atoms. The van der Waals surface area contributed by atoms with Crippen LogP contribution in [0, 0.1) is 0 Å². The van der Waals surface area contributed by atoms with Crippen molar-refractivity contribution in [3.63, 3.8) is 0 Å². The van der Waals surface area contributed by atoms with E-state index in [0.29, 0.717) is 35.1 Å². The number of benzene rings is 2. The largest absolute Gasteiger partial charge is 0.495 e. The lowest BCUT2D eigenvalue weighted by Gasteiger charge is -2.17. The smallest absolute Gasteiger partial charge is 0.329 e. The van der Waals surface area contributed by atoms with Gasteiger partial charge in [-0.25, -0.2) is 5.43 Å². The van der Waals surface area contributed by atoms with E-state index in [1.165, 1.54) is 13.3 Å². The highest BCUT2D eigenvalue weighted by molar-refractivity contribution is 6.39. The topological polar surface area (TPSA) is 119 Å². The molecule has 1 saturated heterocycles. The van der Waals surface area contributed by atoms with E-state index in [2.05, 4.69) is 15.8 Å². The van der Waals surface area contributed by atoms with Gasteiger partial charge in [-0.05, 0) is 55.7 Å². The standard InChI is InChI=1S/C24H28N4O6/c1-3-33-21-14-17(10-11-20(21)34-16-22(29)28-12-6-7-13-28)15-25-27-24(31)23(30)26-18-8-4-5-9-19(18)32-2/h4-5,8-11,14-15H,3,6-7,12-13,16H2,1-2H3,(H,26,30)(H,27,31)/b25-15-. The number of carbonyl (C=O) groups is 3. The number of ether oxygens (including phenoxy) is 3. The molecule has 2 aromatic carbocycles. The molecule has 10 heteroatoms. The number of rotatable bonds is 9. The van der Waals surface area contributed by atoms with Crippen LogP contribution in [0.3, 0.4) is 0 Å². The van der Waals surface area contributed by atoms with Crippen LogP contribution >= 0.6 is 0 Å². The second-order valence-corrected chi connectivity index (χ2v) is 7.37. The maximum absolute atomic E-state index is 12.2. The molecule has 180 valence electrons. The van der Waals surface area contributed by atoms with Crippen molar-refractivity contribution in [1.82, 2.24) is 10.3 Å². The highest BCUT2D eigenvalue weighted by Crippen LogP contribution is 2.28. The van der Waals surface area contributed by atoms with Gasteiger partial charge in [0.05, 0.1) is 25.6 Å². The van der Waals surface area contributed by atoms with Crippen molar-refractivity contribution >= 4 is 29.6 Å². The summed E-state index contributed by atoms with van der Waals surface area (Å²) < 4.78 is 16.4. The van der Waals surface area contributed by atoms with Crippen molar-refractivity contribution in [2.75, 3.05) is 38.7 Å². The molecule has 1 fully saturated rings. The first-order valence-electron chi connectivity index (χ1n) is 11.0. The summed E-state index contributed by atoms with van der Waals surface area (Å²) in [6.07, 6.45) is 3.40. The molecule has 0 unspecified atom stereocenters. The zero-order valence-electron chi connectivity index (χ0n) is 19.2. The number of carbonyl (C=O) groups excluding carboxylic acids is 3. The Morgan fingerprint density at radius 1 is 1.00 bits per heavy atom. The molecular formula is C24H28N4O6. The van der Waals surface area contributed by atoms with Gasteiger partial charge in [-0.1, -0.05) is 12.1 Å². The van der Waals surface area contributed by atoms with Gasteiger partial charge in [-0.2, -0.15) is 5.10 Å². The Hall–Kier alpha value is -4.08. The molecule has 1 heterocycles. The Bertz CT molecular complexity index is 1050. The molecule has 0 radical (unpaired) electrons. The molecule has 10 nitrogen and oxygen atoms in total. The quantitative estimate of drug-likeness (QED) is 0.331. The van der Waals surface area contributed by atoms with Crippen molar-refractivity contribution in [1.29, 1.82) is 0 Å². The predicted molar refractivity (Wildman–Crippen MR) is 126 cm³/mol. The normalized spacial score (nSPS) is 12.9. The number of para-hydroxylation sites is 2. The molecular weight excluding hydrogens is 440 g/mol. The molecule has 0 atom stereocenters. The monoisotopic (exact) mass is 468 g/mol. The Labute approximate surface area is 197 Å². The predicted octanol–water partition coefficient (Wildman–Crippen LogP) is 2.18. The van der Waals surface area contributed by atoms with Crippen LogP contribution in [0.15, 0.2) is 47.6 Å². The lowest BCUT2D eigenvalue weighted by Crippen LogP contribution is -2.32. The van der Waals surface area contributed by atoms with Crippen LogP contribution in [0.5, 0.6) is 17.2 Å². The SMILES string of the molecule is CCOc1cc(/C=N\NC(=O)C(=O)Nc2ccccc2OC)ccc1OCC(=O)N1CCCC1. The highest BCUT2D eigenvalue weighted by Gasteiger charge is 2.19. The molecule has 0 aliphatic carbocycles. The van der Waals surface area contributed by atoms with Crippen LogP contribution in [0.2, 0.25) is 0 Å². The van der Waals surface area contributed by atoms with E-state index in [9.17, 15) is 14.4 Å². The van der Waals surface area contributed by atoms with Crippen molar-refractivity contribution < 1.29 is 28.6 Å². The van der Waals surface area contributed by atoms with Crippen LogP contribution in [0.4, 0.5) is 5.69 Å². The number of likely N-dealkylation sites (tertiary alicyclic amines) is 1. The van der Waals surface area contributed by atoms with Crippen LogP contribution in [0.1, 0.15) is 25.3 Å². The number of nitrogens with one attached hydrogen (secondary N) is 2. The van der Waals surface area contributed by atoms with E-state index in [-0.39, 0.29) is 12.5 Å². The summed E-state index contributed by atoms with van der Waals surface area (Å²) in [5.74, 6) is -0.567. The summed E-state index contributed by atoms with van der Waals surface area (Å²) >= 11 is 0. The number of nitrogens with zero attached hydrogens (tertiary/aromatic N) is 2. The fraction of sp³-hybridized carbons (Fsp3) is 0.333. The lowest BCUT2D eigenvalue weighted by molar-refractivity contribution is -0.136. The van der Waals surface area contributed by atoms with Gasteiger partial charge in [0, 0.05) is 13.1 Å². The molecule has 2 N–H and O–H groups in total. The fourth-order valence-corrected chi connectivity index (χ4v) is 3.33. The molecule has 1 aliphatic rings. The van der Waals surface area contributed by atoms with Crippen molar-refractivity contribution in [3.05, 3.63) is 48.0 Å². The Balaban J connectivity index is 1.56. The van der Waals surface area contributed by atoms with Gasteiger partial charge in [0.2, 0.25) is 0 Å². The van der Waals surface area contributed by atoms with Crippen LogP contribution in [0.25, 0.3) is 0 Å². The maximum atomic E-state index is 12.2. The van der Waals surface area contributed by atoms with E-state index in [0.717, 1.165) is 25.9 Å². The van der Waals surface area contributed by atoms with Crippen LogP contribution in [-0.2, 0) is 14.4 Å². The number of amides is 3. The first-order chi connectivity index (χ1) is 16.5. The van der Waals surface area contributed by atoms with Crippen molar-refractivity contribution in [2.45, 2.75) is 19.8 Å². The molecule has 0 bridgehead atoms. The average molecular weight is 469 g/mol. The molecule has 2 aromatic rings. The van der Waals surface area contributed by atoms with Gasteiger partial charge in [0.1, 0.15) is 5.75 Å². The van der Waals surface area contributed by atoms with E-state index in [4.69, 9.17) is 14.2 Å². The first-order valence-corrected chi connectivity index (χ1v) is 11.0. The zero-order chi connectivity index (χ0) is 24.3. The molecule has 0 aromatic heterocycles. The summed E-state index contributed by atoms with van der Waals surface area (Å²) in [5.41, 5.74) is 3.15. The fourth-order valence-electron chi connectivity index (χ4n) is 3.33. The summed E-state index contributed by atoms with van der Waals surface area (Å²) in [6.45, 7) is 3.69. The first kappa shape index (κ1) is 24.6. The second-order valence-electron chi connectivity index (χ2n) is 7.37. The molecule has 0 saturated carbocycles. The number of hydrogen-bond acceptors (Lipinski definition) is 7. The summed E-state index contributed by atoms with van der Waals surface area (Å²) in [7, 11) is 1.47. The lowest BCUT2D eigenvalue weighted by atomic mass is 10.2. The van der Waals surface area contributed by atoms with E-state index in [1.807, 2.05) is 6.92 Å². The minimum atomic E-state index is -0.937.